The number of rotatable bonds is 5. The van der Waals surface area contributed by atoms with E-state index in [1.807, 2.05) is 0 Å². The van der Waals surface area contributed by atoms with Crippen molar-refractivity contribution in [2.24, 2.45) is 0 Å². The van der Waals surface area contributed by atoms with Gasteiger partial charge in [0.1, 0.15) is 17.4 Å². The molecule has 0 unspecified atom stereocenters. The molecular formula is C20H15F2N3O4. The number of halogens is 2. The van der Waals surface area contributed by atoms with Crippen LogP contribution in [0.5, 0.6) is 5.75 Å². The van der Waals surface area contributed by atoms with Gasteiger partial charge < -0.3 is 19.8 Å². The number of anilines is 2. The lowest BCUT2D eigenvalue weighted by Gasteiger charge is -2.18. The standard InChI is InChI=1S/C20H15F2N3O4/c21-11-1-3-13(14(22)7-11)17-9-23-20(29-17)6-5-18(26)24-12-2-4-16-15(8-12)25-19(27)10-28-16/h1-4,7-9H,5-6,10H2,(H,24,26)(H,25,27). The lowest BCUT2D eigenvalue weighted by atomic mass is 10.2. The highest BCUT2D eigenvalue weighted by atomic mass is 19.1. The van der Waals surface area contributed by atoms with Crippen LogP contribution in [0.25, 0.3) is 11.3 Å². The predicted octanol–water partition coefficient (Wildman–Crippen LogP) is 3.52. The molecule has 0 radical (unpaired) electrons. The van der Waals surface area contributed by atoms with E-state index in [1.165, 1.54) is 12.3 Å². The smallest absolute Gasteiger partial charge is 0.262 e. The zero-order valence-electron chi connectivity index (χ0n) is 15.0. The molecule has 2 heterocycles. The van der Waals surface area contributed by atoms with E-state index in [0.29, 0.717) is 17.1 Å². The molecule has 0 aliphatic carbocycles. The van der Waals surface area contributed by atoms with Crippen LogP contribution in [0.15, 0.2) is 47.0 Å². The van der Waals surface area contributed by atoms with Crippen LogP contribution in [0.2, 0.25) is 0 Å². The predicted molar refractivity (Wildman–Crippen MR) is 99.4 cm³/mol. The Balaban J connectivity index is 1.36. The third kappa shape index (κ3) is 4.23. The van der Waals surface area contributed by atoms with Gasteiger partial charge in [-0.05, 0) is 30.3 Å². The van der Waals surface area contributed by atoms with E-state index < -0.39 is 11.6 Å². The molecule has 2 N–H and O–H groups in total. The zero-order valence-corrected chi connectivity index (χ0v) is 15.0. The number of benzene rings is 2. The summed E-state index contributed by atoms with van der Waals surface area (Å²) in [5.74, 6) is -1.06. The van der Waals surface area contributed by atoms with Crippen molar-refractivity contribution in [2.75, 3.05) is 17.2 Å². The largest absolute Gasteiger partial charge is 0.482 e. The Labute approximate surface area is 163 Å². The van der Waals surface area contributed by atoms with Crippen molar-refractivity contribution in [3.8, 4) is 17.1 Å². The molecule has 4 rings (SSSR count). The summed E-state index contributed by atoms with van der Waals surface area (Å²) in [6.45, 7) is -0.0430. The minimum atomic E-state index is -0.756. The Kier molecular flexibility index (Phi) is 4.94. The minimum absolute atomic E-state index is 0.0430. The summed E-state index contributed by atoms with van der Waals surface area (Å²) in [4.78, 5) is 27.6. The number of fused-ring (bicyclic) bond motifs is 1. The third-order valence-electron chi connectivity index (χ3n) is 4.21. The monoisotopic (exact) mass is 399 g/mol. The Morgan fingerprint density at radius 1 is 1.21 bits per heavy atom. The van der Waals surface area contributed by atoms with Crippen LogP contribution in [0.3, 0.4) is 0 Å². The van der Waals surface area contributed by atoms with Crippen molar-refractivity contribution < 1.29 is 27.5 Å². The van der Waals surface area contributed by atoms with Gasteiger partial charge in [-0.2, -0.15) is 0 Å². The third-order valence-corrected chi connectivity index (χ3v) is 4.21. The van der Waals surface area contributed by atoms with Gasteiger partial charge in [-0.25, -0.2) is 13.8 Å². The molecule has 2 amide bonds. The van der Waals surface area contributed by atoms with Crippen molar-refractivity contribution in [2.45, 2.75) is 12.8 Å². The van der Waals surface area contributed by atoms with Gasteiger partial charge in [-0.15, -0.1) is 0 Å². The first-order valence-electron chi connectivity index (χ1n) is 8.74. The maximum absolute atomic E-state index is 13.8. The number of nitrogens with zero attached hydrogens (tertiary/aromatic N) is 1. The number of nitrogens with one attached hydrogen (secondary N) is 2. The van der Waals surface area contributed by atoms with E-state index in [9.17, 15) is 18.4 Å². The number of amides is 2. The highest BCUT2D eigenvalue weighted by molar-refractivity contribution is 5.97. The Morgan fingerprint density at radius 2 is 2.07 bits per heavy atom. The Bertz CT molecular complexity index is 1100. The fraction of sp³-hybridized carbons (Fsp3) is 0.150. The van der Waals surface area contributed by atoms with Gasteiger partial charge in [0, 0.05) is 24.6 Å². The molecule has 9 heteroatoms. The van der Waals surface area contributed by atoms with E-state index in [-0.39, 0.29) is 48.5 Å². The highest BCUT2D eigenvalue weighted by Crippen LogP contribution is 2.30. The Hall–Kier alpha value is -3.75. The molecule has 29 heavy (non-hydrogen) atoms. The van der Waals surface area contributed by atoms with Crippen LogP contribution in [0, 0.1) is 11.6 Å². The molecule has 0 spiro atoms. The number of carbonyl (C=O) groups excluding carboxylic acids is 2. The minimum Gasteiger partial charge on any atom is -0.482 e. The summed E-state index contributed by atoms with van der Waals surface area (Å²) >= 11 is 0. The fourth-order valence-electron chi connectivity index (χ4n) is 2.84. The lowest BCUT2D eigenvalue weighted by Crippen LogP contribution is -2.25. The molecule has 0 bridgehead atoms. The second-order valence-corrected chi connectivity index (χ2v) is 6.34. The molecule has 3 aromatic rings. The van der Waals surface area contributed by atoms with E-state index in [2.05, 4.69) is 15.6 Å². The number of aryl methyl sites for hydroxylation is 1. The molecule has 0 atom stereocenters. The summed E-state index contributed by atoms with van der Waals surface area (Å²) in [5.41, 5.74) is 1.08. The van der Waals surface area contributed by atoms with Gasteiger partial charge >= 0.3 is 0 Å². The van der Waals surface area contributed by atoms with Crippen LogP contribution in [0.1, 0.15) is 12.3 Å². The number of hydrogen-bond donors (Lipinski definition) is 2. The highest BCUT2D eigenvalue weighted by Gasteiger charge is 2.17. The maximum Gasteiger partial charge on any atom is 0.262 e. The molecule has 1 aliphatic heterocycles. The van der Waals surface area contributed by atoms with Crippen LogP contribution >= 0.6 is 0 Å². The number of carbonyl (C=O) groups is 2. The molecule has 1 aromatic heterocycles. The summed E-state index contributed by atoms with van der Waals surface area (Å²) in [7, 11) is 0. The number of ether oxygens (including phenoxy) is 1. The normalized spacial score (nSPS) is 12.7. The van der Waals surface area contributed by atoms with E-state index in [0.717, 1.165) is 12.1 Å². The van der Waals surface area contributed by atoms with Crippen LogP contribution in [0.4, 0.5) is 20.2 Å². The zero-order chi connectivity index (χ0) is 20.4. The number of hydrogen-bond acceptors (Lipinski definition) is 5. The molecule has 7 nitrogen and oxygen atoms in total. The summed E-state index contributed by atoms with van der Waals surface area (Å²) in [6.07, 6.45) is 1.60. The average molecular weight is 399 g/mol. The molecule has 1 aliphatic rings. The van der Waals surface area contributed by atoms with E-state index in [1.54, 1.807) is 18.2 Å². The maximum atomic E-state index is 13.8. The topological polar surface area (TPSA) is 93.5 Å². The number of aromatic nitrogens is 1. The Morgan fingerprint density at radius 3 is 2.90 bits per heavy atom. The molecule has 0 saturated carbocycles. The summed E-state index contributed by atoms with van der Waals surface area (Å²) < 4.78 is 37.6. The van der Waals surface area contributed by atoms with E-state index in [4.69, 9.17) is 9.15 Å². The van der Waals surface area contributed by atoms with Crippen LogP contribution < -0.4 is 15.4 Å². The SMILES string of the molecule is O=C(CCc1ncc(-c2ccc(F)cc2F)o1)Nc1ccc2c(c1)NC(=O)CO2. The van der Waals surface area contributed by atoms with Crippen molar-refractivity contribution in [1.29, 1.82) is 0 Å². The molecule has 0 saturated heterocycles. The van der Waals surface area contributed by atoms with Gasteiger partial charge in [-0.3, -0.25) is 9.59 Å². The quantitative estimate of drug-likeness (QED) is 0.685. The summed E-state index contributed by atoms with van der Waals surface area (Å²) in [5, 5.41) is 5.38. The lowest BCUT2D eigenvalue weighted by molar-refractivity contribution is -0.118. The van der Waals surface area contributed by atoms with Gasteiger partial charge in [0.25, 0.3) is 5.91 Å². The molecule has 148 valence electrons. The van der Waals surface area contributed by atoms with E-state index >= 15 is 0 Å². The first-order chi connectivity index (χ1) is 14.0. The first-order valence-corrected chi connectivity index (χ1v) is 8.74. The van der Waals surface area contributed by atoms with Crippen molar-refractivity contribution >= 4 is 23.2 Å². The van der Waals surface area contributed by atoms with Crippen LogP contribution in [-0.2, 0) is 16.0 Å². The van der Waals surface area contributed by atoms with Crippen molar-refractivity contribution in [3.05, 3.63) is 60.1 Å². The van der Waals surface area contributed by atoms with Crippen LogP contribution in [-0.4, -0.2) is 23.4 Å². The van der Waals surface area contributed by atoms with Crippen molar-refractivity contribution in [1.82, 2.24) is 4.98 Å². The van der Waals surface area contributed by atoms with Crippen molar-refractivity contribution in [3.63, 3.8) is 0 Å². The van der Waals surface area contributed by atoms with Gasteiger partial charge in [0.05, 0.1) is 17.4 Å². The average Bonchev–Trinajstić information content (AvgIpc) is 3.15. The second kappa shape index (κ2) is 7.70. The number of oxazole rings is 1. The summed E-state index contributed by atoms with van der Waals surface area (Å²) in [6, 6.07) is 8.07. The first kappa shape index (κ1) is 18.6. The van der Waals surface area contributed by atoms with Gasteiger partial charge in [0.15, 0.2) is 18.3 Å². The van der Waals surface area contributed by atoms with Gasteiger partial charge in [0.2, 0.25) is 5.91 Å². The molecule has 0 fully saturated rings. The second-order valence-electron chi connectivity index (χ2n) is 6.34. The molecular weight excluding hydrogens is 384 g/mol. The fourth-order valence-corrected chi connectivity index (χ4v) is 2.84. The van der Waals surface area contributed by atoms with Gasteiger partial charge in [-0.1, -0.05) is 0 Å². The molecule has 2 aromatic carbocycles.